The third-order valence-electron chi connectivity index (χ3n) is 1.45. The van der Waals surface area contributed by atoms with Crippen LogP contribution in [0.5, 0.6) is 0 Å². The molecule has 0 saturated carbocycles. The van der Waals surface area contributed by atoms with Crippen molar-refractivity contribution in [1.82, 2.24) is 4.98 Å². The topological polar surface area (TPSA) is 38.9 Å². The summed E-state index contributed by atoms with van der Waals surface area (Å²) in [6, 6.07) is 2.95. The van der Waals surface area contributed by atoms with Crippen molar-refractivity contribution in [2.75, 3.05) is 5.73 Å². The first-order chi connectivity index (χ1) is 5.27. The molecule has 0 aliphatic rings. The summed E-state index contributed by atoms with van der Waals surface area (Å²) >= 11 is 1.45. The van der Waals surface area contributed by atoms with Gasteiger partial charge in [-0.05, 0) is 6.07 Å². The Bertz CT molecular complexity index is 360. The summed E-state index contributed by atoms with van der Waals surface area (Å²) in [6.45, 7) is 0. The second-order valence-corrected chi connectivity index (χ2v) is 3.08. The number of nitrogens with zero attached hydrogens (tertiary/aromatic N) is 1. The van der Waals surface area contributed by atoms with Crippen LogP contribution in [-0.4, -0.2) is 4.98 Å². The van der Waals surface area contributed by atoms with Crippen LogP contribution in [0.4, 0.5) is 10.1 Å². The lowest BCUT2D eigenvalue weighted by Gasteiger charge is -1.93. The van der Waals surface area contributed by atoms with Crippen LogP contribution in [0.3, 0.4) is 0 Å². The lowest BCUT2D eigenvalue weighted by Crippen LogP contribution is -1.88. The van der Waals surface area contributed by atoms with Crippen LogP contribution in [0.15, 0.2) is 17.6 Å². The number of benzene rings is 1. The van der Waals surface area contributed by atoms with Crippen LogP contribution in [-0.2, 0) is 0 Å². The Morgan fingerprint density at radius 1 is 1.45 bits per heavy atom. The zero-order chi connectivity index (χ0) is 7.84. The second-order valence-electron chi connectivity index (χ2n) is 2.19. The van der Waals surface area contributed by atoms with Gasteiger partial charge in [-0.3, -0.25) is 0 Å². The summed E-state index contributed by atoms with van der Waals surface area (Å²) in [5.41, 5.74) is 7.87. The molecule has 2 rings (SSSR count). The third kappa shape index (κ3) is 0.952. The molecule has 1 aromatic carbocycles. The summed E-state index contributed by atoms with van der Waals surface area (Å²) in [7, 11) is 0. The Kier molecular flexibility index (Phi) is 1.29. The summed E-state index contributed by atoms with van der Waals surface area (Å²) in [5.74, 6) is -0.400. The van der Waals surface area contributed by atoms with E-state index in [1.807, 2.05) is 0 Å². The molecule has 2 aromatic rings. The normalized spacial score (nSPS) is 10.6. The summed E-state index contributed by atoms with van der Waals surface area (Å²) in [4.78, 5) is 3.94. The molecule has 56 valence electrons. The maximum Gasteiger partial charge on any atom is 0.148 e. The molecule has 0 aliphatic carbocycles. The van der Waals surface area contributed by atoms with Crippen LogP contribution in [0, 0.1) is 5.82 Å². The first-order valence-corrected chi connectivity index (χ1v) is 3.93. The van der Waals surface area contributed by atoms with Crippen LogP contribution in [0.25, 0.3) is 10.2 Å². The van der Waals surface area contributed by atoms with Crippen LogP contribution >= 0.6 is 11.3 Å². The predicted octanol–water partition coefficient (Wildman–Crippen LogP) is 2.02. The lowest BCUT2D eigenvalue weighted by atomic mass is 10.3. The number of nitrogens with two attached hydrogens (primary N) is 1. The highest BCUT2D eigenvalue weighted by Gasteiger charge is 2.01. The molecule has 0 bridgehead atoms. The van der Waals surface area contributed by atoms with Gasteiger partial charge in [0, 0.05) is 6.07 Å². The maximum absolute atomic E-state index is 12.8. The first-order valence-electron chi connectivity index (χ1n) is 3.05. The fraction of sp³-hybridized carbons (Fsp3) is 0. The number of rotatable bonds is 0. The van der Waals surface area contributed by atoms with Crippen LogP contribution in [0.2, 0.25) is 0 Å². The van der Waals surface area contributed by atoms with Gasteiger partial charge in [-0.1, -0.05) is 0 Å². The van der Waals surface area contributed by atoms with E-state index in [2.05, 4.69) is 4.98 Å². The van der Waals surface area contributed by atoms with Gasteiger partial charge in [0.25, 0.3) is 0 Å². The van der Waals surface area contributed by atoms with E-state index < -0.39 is 5.82 Å². The van der Waals surface area contributed by atoms with E-state index in [1.54, 1.807) is 11.6 Å². The second kappa shape index (κ2) is 2.17. The number of thiazole rings is 1. The molecule has 0 unspecified atom stereocenters. The SMILES string of the molecule is Nc1cc2scnc2cc1F. The van der Waals surface area contributed by atoms with Gasteiger partial charge >= 0.3 is 0 Å². The summed E-state index contributed by atoms with van der Waals surface area (Å²) in [5, 5.41) is 0. The largest absolute Gasteiger partial charge is 0.396 e. The highest BCUT2D eigenvalue weighted by atomic mass is 32.1. The number of hydrogen-bond donors (Lipinski definition) is 1. The summed E-state index contributed by atoms with van der Waals surface area (Å²) in [6.07, 6.45) is 0. The van der Waals surface area contributed by atoms with Gasteiger partial charge in [0.15, 0.2) is 0 Å². The van der Waals surface area contributed by atoms with E-state index in [0.29, 0.717) is 5.52 Å². The Labute approximate surface area is 66.5 Å². The molecule has 2 nitrogen and oxygen atoms in total. The van der Waals surface area contributed by atoms with E-state index in [0.717, 1.165) is 4.70 Å². The van der Waals surface area contributed by atoms with Crippen molar-refractivity contribution in [2.45, 2.75) is 0 Å². The quantitative estimate of drug-likeness (QED) is 0.611. The molecule has 1 aromatic heterocycles. The predicted molar refractivity (Wildman–Crippen MR) is 44.0 cm³/mol. The fourth-order valence-electron chi connectivity index (χ4n) is 0.894. The average molecular weight is 168 g/mol. The van der Waals surface area contributed by atoms with Crippen molar-refractivity contribution in [3.8, 4) is 0 Å². The highest BCUT2D eigenvalue weighted by molar-refractivity contribution is 7.16. The van der Waals surface area contributed by atoms with Gasteiger partial charge in [0.2, 0.25) is 0 Å². The lowest BCUT2D eigenvalue weighted by molar-refractivity contribution is 0.634. The number of fused-ring (bicyclic) bond motifs is 1. The molecule has 0 radical (unpaired) electrons. The minimum Gasteiger partial charge on any atom is -0.396 e. The molecule has 0 amide bonds. The Balaban J connectivity index is 2.86. The van der Waals surface area contributed by atoms with Crippen molar-refractivity contribution in [3.05, 3.63) is 23.5 Å². The molecule has 0 fully saturated rings. The van der Waals surface area contributed by atoms with E-state index in [1.165, 1.54) is 17.4 Å². The summed E-state index contributed by atoms with van der Waals surface area (Å²) < 4.78 is 13.7. The van der Waals surface area contributed by atoms with Crippen molar-refractivity contribution >= 4 is 27.2 Å². The number of nitrogen functional groups attached to an aromatic ring is 1. The molecule has 0 aliphatic heterocycles. The molecule has 2 N–H and O–H groups in total. The van der Waals surface area contributed by atoms with Gasteiger partial charge < -0.3 is 5.73 Å². The van der Waals surface area contributed by atoms with E-state index in [9.17, 15) is 4.39 Å². The first kappa shape index (κ1) is 6.54. The van der Waals surface area contributed by atoms with E-state index >= 15 is 0 Å². The zero-order valence-corrected chi connectivity index (χ0v) is 6.36. The Morgan fingerprint density at radius 3 is 3.09 bits per heavy atom. The van der Waals surface area contributed by atoms with E-state index in [4.69, 9.17) is 5.73 Å². The van der Waals surface area contributed by atoms with Gasteiger partial charge in [-0.15, -0.1) is 11.3 Å². The van der Waals surface area contributed by atoms with Gasteiger partial charge in [-0.25, -0.2) is 9.37 Å². The molecular formula is C7H5FN2S. The van der Waals surface area contributed by atoms with Crippen molar-refractivity contribution < 1.29 is 4.39 Å². The fourth-order valence-corrected chi connectivity index (χ4v) is 1.60. The van der Waals surface area contributed by atoms with Crippen molar-refractivity contribution in [2.24, 2.45) is 0 Å². The number of hydrogen-bond acceptors (Lipinski definition) is 3. The minimum atomic E-state index is -0.400. The molecule has 0 saturated heterocycles. The maximum atomic E-state index is 12.8. The standard InChI is InChI=1S/C7H5FN2S/c8-4-1-6-7(2-5(4)9)11-3-10-6/h1-3H,9H2. The third-order valence-corrected chi connectivity index (χ3v) is 2.24. The van der Waals surface area contributed by atoms with Gasteiger partial charge in [0.05, 0.1) is 21.4 Å². The molecule has 1 heterocycles. The molecular weight excluding hydrogens is 163 g/mol. The van der Waals surface area contributed by atoms with Crippen molar-refractivity contribution in [3.63, 3.8) is 0 Å². The number of halogens is 1. The molecule has 0 spiro atoms. The molecule has 0 atom stereocenters. The van der Waals surface area contributed by atoms with Gasteiger partial charge in [0.1, 0.15) is 5.82 Å². The number of anilines is 1. The molecule has 11 heavy (non-hydrogen) atoms. The monoisotopic (exact) mass is 168 g/mol. The zero-order valence-electron chi connectivity index (χ0n) is 5.54. The molecule has 4 heteroatoms. The van der Waals surface area contributed by atoms with Crippen LogP contribution in [0.1, 0.15) is 0 Å². The Morgan fingerprint density at radius 2 is 2.27 bits per heavy atom. The minimum absolute atomic E-state index is 0.182. The van der Waals surface area contributed by atoms with Crippen LogP contribution < -0.4 is 5.73 Å². The smallest absolute Gasteiger partial charge is 0.148 e. The number of aromatic nitrogens is 1. The average Bonchev–Trinajstić information content (AvgIpc) is 2.36. The Hall–Kier alpha value is -1.16. The van der Waals surface area contributed by atoms with E-state index in [-0.39, 0.29) is 5.69 Å². The highest BCUT2D eigenvalue weighted by Crippen LogP contribution is 2.22. The van der Waals surface area contributed by atoms with Gasteiger partial charge in [-0.2, -0.15) is 0 Å². The van der Waals surface area contributed by atoms with Crippen molar-refractivity contribution in [1.29, 1.82) is 0 Å².